The lowest BCUT2D eigenvalue weighted by Crippen LogP contribution is -2.35. The molecule has 29 heavy (non-hydrogen) atoms. The Balaban J connectivity index is 2.32. The Hall–Kier alpha value is -1.79. The SMILES string of the molecule is CON=C(CN(C)C(=O)c1cc(Cl)cc(Cl)c1)[C@H](CC=O)c1ccc(Cl)c(Cl)c1. The molecule has 2 rings (SSSR count). The van der Waals surface area contributed by atoms with Crippen molar-refractivity contribution in [3.63, 3.8) is 0 Å². The van der Waals surface area contributed by atoms with Gasteiger partial charge in [0.2, 0.25) is 0 Å². The van der Waals surface area contributed by atoms with Gasteiger partial charge in [-0.3, -0.25) is 4.79 Å². The third kappa shape index (κ3) is 6.34. The Bertz CT molecular complexity index is 914. The Morgan fingerprint density at radius 3 is 2.31 bits per heavy atom. The fraction of sp³-hybridized carbons (Fsp3) is 0.250. The monoisotopic (exact) mass is 474 g/mol. The van der Waals surface area contributed by atoms with Crippen molar-refractivity contribution >= 4 is 64.3 Å². The molecular weight excluding hydrogens is 458 g/mol. The maximum atomic E-state index is 12.8. The molecule has 0 fully saturated rings. The second kappa shape index (κ2) is 10.8. The molecule has 0 aliphatic carbocycles. The molecule has 2 aromatic carbocycles. The Morgan fingerprint density at radius 1 is 1.10 bits per heavy atom. The van der Waals surface area contributed by atoms with Gasteiger partial charge in [0.1, 0.15) is 13.4 Å². The van der Waals surface area contributed by atoms with Gasteiger partial charge >= 0.3 is 0 Å². The van der Waals surface area contributed by atoms with Gasteiger partial charge in [0.25, 0.3) is 5.91 Å². The van der Waals surface area contributed by atoms with Crippen LogP contribution in [-0.4, -0.2) is 43.5 Å². The van der Waals surface area contributed by atoms with Gasteiger partial charge < -0.3 is 14.5 Å². The van der Waals surface area contributed by atoms with E-state index < -0.39 is 5.92 Å². The van der Waals surface area contributed by atoms with E-state index in [2.05, 4.69) is 5.16 Å². The first-order valence-electron chi connectivity index (χ1n) is 8.46. The summed E-state index contributed by atoms with van der Waals surface area (Å²) in [5, 5.41) is 5.53. The molecular formula is C20H18Cl4N2O3. The molecule has 0 saturated heterocycles. The van der Waals surface area contributed by atoms with Gasteiger partial charge in [-0.2, -0.15) is 0 Å². The van der Waals surface area contributed by atoms with Crippen LogP contribution in [0, 0.1) is 0 Å². The normalized spacial score (nSPS) is 12.4. The van der Waals surface area contributed by atoms with Crippen molar-refractivity contribution in [2.24, 2.45) is 5.16 Å². The number of benzene rings is 2. The molecule has 0 bridgehead atoms. The van der Waals surface area contributed by atoms with E-state index in [1.165, 1.54) is 24.1 Å². The number of amides is 1. The summed E-state index contributed by atoms with van der Waals surface area (Å²) in [6, 6.07) is 9.67. The number of aldehydes is 1. The van der Waals surface area contributed by atoms with Crippen LogP contribution in [0.4, 0.5) is 0 Å². The molecule has 9 heteroatoms. The minimum absolute atomic E-state index is 0.107. The van der Waals surface area contributed by atoms with E-state index in [1.807, 2.05) is 0 Å². The number of halogens is 4. The molecule has 0 aromatic heterocycles. The Labute approximate surface area is 189 Å². The molecule has 1 atom stereocenters. The van der Waals surface area contributed by atoms with Gasteiger partial charge in [-0.1, -0.05) is 57.6 Å². The zero-order valence-corrected chi connectivity index (χ0v) is 18.7. The summed E-state index contributed by atoms with van der Waals surface area (Å²) < 4.78 is 0. The minimum Gasteiger partial charge on any atom is -0.399 e. The topological polar surface area (TPSA) is 59.0 Å². The average Bonchev–Trinajstić information content (AvgIpc) is 2.66. The highest BCUT2D eigenvalue weighted by Crippen LogP contribution is 2.29. The van der Waals surface area contributed by atoms with Gasteiger partial charge in [0.15, 0.2) is 0 Å². The number of hydrogen-bond donors (Lipinski definition) is 0. The van der Waals surface area contributed by atoms with Crippen molar-refractivity contribution in [3.8, 4) is 0 Å². The van der Waals surface area contributed by atoms with E-state index in [1.54, 1.807) is 31.3 Å². The van der Waals surface area contributed by atoms with E-state index in [0.717, 1.165) is 11.8 Å². The van der Waals surface area contributed by atoms with Gasteiger partial charge in [0, 0.05) is 35.0 Å². The van der Waals surface area contributed by atoms with Gasteiger partial charge in [-0.25, -0.2) is 0 Å². The number of nitrogens with zero attached hydrogens (tertiary/aromatic N) is 2. The standard InChI is InChI=1S/C20H18Cl4N2O3/c1-26(20(28)13-7-14(21)10-15(22)8-13)11-19(25-29-2)16(5-6-27)12-3-4-17(23)18(24)9-12/h3-4,6-10,16H,5,11H2,1-2H3/t16-/m1/s1. The first-order valence-corrected chi connectivity index (χ1v) is 9.98. The smallest absolute Gasteiger partial charge is 0.254 e. The van der Waals surface area contributed by atoms with Crippen LogP contribution < -0.4 is 0 Å². The molecule has 5 nitrogen and oxygen atoms in total. The van der Waals surface area contributed by atoms with E-state index in [9.17, 15) is 9.59 Å². The summed E-state index contributed by atoms with van der Waals surface area (Å²) in [7, 11) is 3.00. The molecule has 0 heterocycles. The highest BCUT2D eigenvalue weighted by atomic mass is 35.5. The van der Waals surface area contributed by atoms with Crippen LogP contribution >= 0.6 is 46.4 Å². The third-order valence-electron chi connectivity index (χ3n) is 4.14. The van der Waals surface area contributed by atoms with Crippen LogP contribution in [-0.2, 0) is 9.63 Å². The highest BCUT2D eigenvalue weighted by Gasteiger charge is 2.24. The van der Waals surface area contributed by atoms with Crippen LogP contribution in [0.25, 0.3) is 0 Å². The predicted molar refractivity (Wildman–Crippen MR) is 118 cm³/mol. The summed E-state index contributed by atoms with van der Waals surface area (Å²) in [6.45, 7) is 0.107. The molecule has 0 saturated carbocycles. The largest absolute Gasteiger partial charge is 0.399 e. The molecule has 0 spiro atoms. The fourth-order valence-electron chi connectivity index (χ4n) is 2.82. The molecule has 0 N–H and O–H groups in total. The van der Waals surface area contributed by atoms with E-state index in [0.29, 0.717) is 31.4 Å². The maximum Gasteiger partial charge on any atom is 0.254 e. The van der Waals surface area contributed by atoms with Gasteiger partial charge in [0.05, 0.1) is 22.3 Å². The second-order valence-electron chi connectivity index (χ2n) is 6.21. The lowest BCUT2D eigenvalue weighted by Gasteiger charge is -2.23. The summed E-state index contributed by atoms with van der Waals surface area (Å²) in [4.78, 5) is 30.5. The van der Waals surface area contributed by atoms with Crippen molar-refractivity contribution in [2.75, 3.05) is 20.7 Å². The second-order valence-corrected chi connectivity index (χ2v) is 7.90. The molecule has 0 radical (unpaired) electrons. The van der Waals surface area contributed by atoms with E-state index in [-0.39, 0.29) is 18.9 Å². The zero-order chi connectivity index (χ0) is 21.6. The summed E-state index contributed by atoms with van der Waals surface area (Å²) >= 11 is 24.1. The first-order chi connectivity index (χ1) is 13.8. The van der Waals surface area contributed by atoms with Crippen LogP contribution in [0.2, 0.25) is 20.1 Å². The number of hydrogen-bond acceptors (Lipinski definition) is 4. The number of rotatable bonds is 8. The van der Waals surface area contributed by atoms with Crippen LogP contribution in [0.3, 0.4) is 0 Å². The number of carbonyl (C=O) groups is 2. The average molecular weight is 476 g/mol. The van der Waals surface area contributed by atoms with Crippen molar-refractivity contribution in [3.05, 3.63) is 67.6 Å². The van der Waals surface area contributed by atoms with Crippen LogP contribution in [0.15, 0.2) is 41.6 Å². The molecule has 154 valence electrons. The minimum atomic E-state index is -0.444. The van der Waals surface area contributed by atoms with Crippen molar-refractivity contribution in [1.82, 2.24) is 4.90 Å². The van der Waals surface area contributed by atoms with Crippen LogP contribution in [0.5, 0.6) is 0 Å². The molecule has 2 aromatic rings. The van der Waals surface area contributed by atoms with E-state index in [4.69, 9.17) is 51.2 Å². The quantitative estimate of drug-likeness (QED) is 0.277. The maximum absolute atomic E-state index is 12.8. The summed E-state index contributed by atoms with van der Waals surface area (Å²) in [5.41, 5.74) is 1.54. The first kappa shape index (κ1) is 23.5. The lowest BCUT2D eigenvalue weighted by molar-refractivity contribution is -0.107. The Kier molecular flexibility index (Phi) is 8.78. The molecule has 1 amide bonds. The van der Waals surface area contributed by atoms with Gasteiger partial charge in [-0.15, -0.1) is 0 Å². The highest BCUT2D eigenvalue weighted by molar-refractivity contribution is 6.42. The predicted octanol–water partition coefficient (Wildman–Crippen LogP) is 5.75. The summed E-state index contributed by atoms with van der Waals surface area (Å²) in [6.07, 6.45) is 0.905. The lowest BCUT2D eigenvalue weighted by atomic mass is 9.91. The van der Waals surface area contributed by atoms with Gasteiger partial charge in [-0.05, 0) is 35.9 Å². The fourth-order valence-corrected chi connectivity index (χ4v) is 3.65. The zero-order valence-electron chi connectivity index (χ0n) is 15.7. The number of oxime groups is 1. The molecule has 0 aliphatic rings. The number of carbonyl (C=O) groups excluding carboxylic acids is 2. The molecule has 0 unspecified atom stereocenters. The Morgan fingerprint density at radius 2 is 1.76 bits per heavy atom. The van der Waals surface area contributed by atoms with E-state index >= 15 is 0 Å². The molecule has 0 aliphatic heterocycles. The van der Waals surface area contributed by atoms with Crippen molar-refractivity contribution in [1.29, 1.82) is 0 Å². The van der Waals surface area contributed by atoms with Crippen LogP contribution in [0.1, 0.15) is 28.3 Å². The van der Waals surface area contributed by atoms with Crippen molar-refractivity contribution in [2.45, 2.75) is 12.3 Å². The summed E-state index contributed by atoms with van der Waals surface area (Å²) in [5.74, 6) is -0.752. The third-order valence-corrected chi connectivity index (χ3v) is 5.32. The van der Waals surface area contributed by atoms with Crippen molar-refractivity contribution < 1.29 is 14.4 Å².